The highest BCUT2D eigenvalue weighted by atomic mass is 19.2. The van der Waals surface area contributed by atoms with E-state index in [-0.39, 0.29) is 6.61 Å². The standard InChI is InChI=1S/C11H11F2NO2/c12-9-8(3-5-14-10(9)13)11(15)16-6-4-7-1-2-7/h3,5,7H,1-2,4,6H2. The summed E-state index contributed by atoms with van der Waals surface area (Å²) in [5, 5.41) is 0. The highest BCUT2D eigenvalue weighted by molar-refractivity contribution is 5.89. The van der Waals surface area contributed by atoms with Gasteiger partial charge in [-0.2, -0.15) is 4.39 Å². The summed E-state index contributed by atoms with van der Waals surface area (Å²) in [6.45, 7) is 0.257. The van der Waals surface area contributed by atoms with Crippen LogP contribution in [0.1, 0.15) is 29.6 Å². The van der Waals surface area contributed by atoms with E-state index in [2.05, 4.69) is 4.98 Å². The molecule has 5 heteroatoms. The molecule has 1 heterocycles. The van der Waals surface area contributed by atoms with E-state index in [0.29, 0.717) is 5.92 Å². The molecule has 16 heavy (non-hydrogen) atoms. The third kappa shape index (κ3) is 2.53. The summed E-state index contributed by atoms with van der Waals surface area (Å²) in [6.07, 6.45) is 4.16. The van der Waals surface area contributed by atoms with E-state index in [1.165, 1.54) is 0 Å². The highest BCUT2D eigenvalue weighted by Crippen LogP contribution is 2.32. The van der Waals surface area contributed by atoms with Crippen LogP contribution in [0.15, 0.2) is 12.3 Å². The third-order valence-electron chi connectivity index (χ3n) is 2.52. The Labute approximate surface area is 91.4 Å². The summed E-state index contributed by atoms with van der Waals surface area (Å²) in [6, 6.07) is 1.11. The lowest BCUT2D eigenvalue weighted by Crippen LogP contribution is -2.10. The van der Waals surface area contributed by atoms with Gasteiger partial charge < -0.3 is 4.74 Å². The first-order valence-electron chi connectivity index (χ1n) is 5.15. The van der Waals surface area contributed by atoms with E-state index in [0.717, 1.165) is 31.5 Å². The predicted molar refractivity (Wildman–Crippen MR) is 51.8 cm³/mol. The van der Waals surface area contributed by atoms with E-state index < -0.39 is 23.3 Å². The first kappa shape index (κ1) is 11.0. The van der Waals surface area contributed by atoms with Crippen molar-refractivity contribution in [3.8, 4) is 0 Å². The molecule has 2 rings (SSSR count). The zero-order chi connectivity index (χ0) is 11.5. The van der Waals surface area contributed by atoms with Crippen LogP contribution in [0.3, 0.4) is 0 Å². The minimum absolute atomic E-state index is 0.257. The molecule has 0 unspecified atom stereocenters. The fourth-order valence-electron chi connectivity index (χ4n) is 1.38. The Morgan fingerprint density at radius 2 is 2.25 bits per heavy atom. The molecule has 0 spiro atoms. The Hall–Kier alpha value is -1.52. The Balaban J connectivity index is 1.93. The molecule has 1 saturated carbocycles. The Morgan fingerprint density at radius 1 is 1.50 bits per heavy atom. The summed E-state index contributed by atoms with van der Waals surface area (Å²) in [4.78, 5) is 14.5. The number of aromatic nitrogens is 1. The van der Waals surface area contributed by atoms with Gasteiger partial charge in [-0.15, -0.1) is 0 Å². The van der Waals surface area contributed by atoms with Crippen LogP contribution in [0, 0.1) is 17.7 Å². The molecule has 1 fully saturated rings. The SMILES string of the molecule is O=C(OCCC1CC1)c1ccnc(F)c1F. The maximum atomic E-state index is 13.1. The minimum Gasteiger partial charge on any atom is -0.462 e. The van der Waals surface area contributed by atoms with Gasteiger partial charge in [0.05, 0.1) is 6.61 Å². The van der Waals surface area contributed by atoms with E-state index in [1.54, 1.807) is 0 Å². The van der Waals surface area contributed by atoms with Crippen molar-refractivity contribution in [3.63, 3.8) is 0 Å². The normalized spacial score (nSPS) is 14.9. The molecule has 1 aliphatic carbocycles. The fourth-order valence-corrected chi connectivity index (χ4v) is 1.38. The van der Waals surface area contributed by atoms with Crippen molar-refractivity contribution in [2.24, 2.45) is 5.92 Å². The van der Waals surface area contributed by atoms with Crippen LogP contribution in [0.2, 0.25) is 0 Å². The molecular formula is C11H11F2NO2. The maximum Gasteiger partial charge on any atom is 0.341 e. The van der Waals surface area contributed by atoms with E-state index >= 15 is 0 Å². The molecule has 0 saturated heterocycles. The van der Waals surface area contributed by atoms with Crippen molar-refractivity contribution in [3.05, 3.63) is 29.6 Å². The number of hydrogen-bond donors (Lipinski definition) is 0. The van der Waals surface area contributed by atoms with E-state index in [4.69, 9.17) is 4.74 Å². The summed E-state index contributed by atoms with van der Waals surface area (Å²) >= 11 is 0. The molecule has 1 aromatic heterocycles. The van der Waals surface area contributed by atoms with Crippen molar-refractivity contribution in [2.75, 3.05) is 6.61 Å². The molecule has 0 N–H and O–H groups in total. The summed E-state index contributed by atoms with van der Waals surface area (Å²) < 4.78 is 30.7. The lowest BCUT2D eigenvalue weighted by Gasteiger charge is -2.04. The predicted octanol–water partition coefficient (Wildman–Crippen LogP) is 2.32. The largest absolute Gasteiger partial charge is 0.462 e. The maximum absolute atomic E-state index is 13.1. The van der Waals surface area contributed by atoms with Crippen molar-refractivity contribution in [1.29, 1.82) is 0 Å². The number of esters is 1. The number of hydrogen-bond acceptors (Lipinski definition) is 3. The lowest BCUT2D eigenvalue weighted by atomic mass is 10.2. The van der Waals surface area contributed by atoms with Crippen molar-refractivity contribution in [2.45, 2.75) is 19.3 Å². The van der Waals surface area contributed by atoms with Crippen molar-refractivity contribution in [1.82, 2.24) is 4.98 Å². The van der Waals surface area contributed by atoms with Crippen LogP contribution in [0.5, 0.6) is 0 Å². The number of carbonyl (C=O) groups excluding carboxylic acids is 1. The zero-order valence-electron chi connectivity index (χ0n) is 8.58. The number of rotatable bonds is 4. The average molecular weight is 227 g/mol. The number of ether oxygens (including phenoxy) is 1. The van der Waals surface area contributed by atoms with Gasteiger partial charge in [0.15, 0.2) is 5.82 Å². The van der Waals surface area contributed by atoms with Gasteiger partial charge in [0.2, 0.25) is 5.95 Å². The number of nitrogens with zero attached hydrogens (tertiary/aromatic N) is 1. The van der Waals surface area contributed by atoms with Crippen LogP contribution >= 0.6 is 0 Å². The van der Waals surface area contributed by atoms with Crippen LogP contribution in [0.4, 0.5) is 8.78 Å². The van der Waals surface area contributed by atoms with E-state index in [1.807, 2.05) is 0 Å². The lowest BCUT2D eigenvalue weighted by molar-refractivity contribution is 0.0488. The molecule has 1 aliphatic rings. The van der Waals surface area contributed by atoms with Gasteiger partial charge in [0.1, 0.15) is 5.56 Å². The second-order valence-corrected chi connectivity index (χ2v) is 3.83. The van der Waals surface area contributed by atoms with Crippen molar-refractivity contribution >= 4 is 5.97 Å². The molecule has 86 valence electrons. The molecule has 0 aliphatic heterocycles. The van der Waals surface area contributed by atoms with Gasteiger partial charge in [-0.3, -0.25) is 0 Å². The smallest absolute Gasteiger partial charge is 0.341 e. The third-order valence-corrected chi connectivity index (χ3v) is 2.52. The van der Waals surface area contributed by atoms with Gasteiger partial charge in [-0.25, -0.2) is 14.2 Å². The Morgan fingerprint density at radius 3 is 2.94 bits per heavy atom. The summed E-state index contributed by atoms with van der Waals surface area (Å²) in [5.74, 6) is -2.73. The topological polar surface area (TPSA) is 39.2 Å². The van der Waals surface area contributed by atoms with Crippen LogP contribution in [0.25, 0.3) is 0 Å². The molecule has 0 bridgehead atoms. The molecule has 0 radical (unpaired) electrons. The molecular weight excluding hydrogens is 216 g/mol. The second-order valence-electron chi connectivity index (χ2n) is 3.83. The quantitative estimate of drug-likeness (QED) is 0.585. The highest BCUT2D eigenvalue weighted by Gasteiger charge is 2.22. The molecule has 0 amide bonds. The summed E-state index contributed by atoms with van der Waals surface area (Å²) in [7, 11) is 0. The Kier molecular flexibility index (Phi) is 3.12. The van der Waals surface area contributed by atoms with Crippen LogP contribution in [-0.2, 0) is 4.74 Å². The molecule has 1 aromatic rings. The van der Waals surface area contributed by atoms with Gasteiger partial charge in [0.25, 0.3) is 0 Å². The van der Waals surface area contributed by atoms with Gasteiger partial charge in [0, 0.05) is 6.20 Å². The number of halogens is 2. The van der Waals surface area contributed by atoms with E-state index in [9.17, 15) is 13.6 Å². The number of pyridine rings is 1. The first-order valence-corrected chi connectivity index (χ1v) is 5.15. The fraction of sp³-hybridized carbons (Fsp3) is 0.455. The molecule has 3 nitrogen and oxygen atoms in total. The van der Waals surface area contributed by atoms with Crippen molar-refractivity contribution < 1.29 is 18.3 Å². The van der Waals surface area contributed by atoms with Gasteiger partial charge >= 0.3 is 5.97 Å². The molecule has 0 aromatic carbocycles. The molecule has 0 atom stereocenters. The number of carbonyl (C=O) groups is 1. The average Bonchev–Trinajstić information content (AvgIpc) is 3.06. The Bertz CT molecular complexity index is 405. The van der Waals surface area contributed by atoms with Crippen LogP contribution < -0.4 is 0 Å². The van der Waals surface area contributed by atoms with Gasteiger partial charge in [-0.1, -0.05) is 12.8 Å². The summed E-state index contributed by atoms with van der Waals surface area (Å²) in [5.41, 5.74) is -0.400. The minimum atomic E-state index is -1.28. The van der Waals surface area contributed by atoms with Crippen LogP contribution in [-0.4, -0.2) is 17.6 Å². The first-order chi connectivity index (χ1) is 7.68. The zero-order valence-corrected chi connectivity index (χ0v) is 8.58. The monoisotopic (exact) mass is 227 g/mol. The second kappa shape index (κ2) is 4.55. The van der Waals surface area contributed by atoms with Gasteiger partial charge in [-0.05, 0) is 18.4 Å².